The van der Waals surface area contributed by atoms with Crippen molar-refractivity contribution in [2.24, 2.45) is 5.92 Å². The number of alkyl halides is 1. The number of fused-ring (bicyclic) bond motifs is 5. The van der Waals surface area contributed by atoms with E-state index in [0.717, 1.165) is 58.1 Å². The molecule has 4 unspecified atom stereocenters. The minimum absolute atomic E-state index is 0.0622. The van der Waals surface area contributed by atoms with Crippen molar-refractivity contribution in [1.29, 1.82) is 0 Å². The summed E-state index contributed by atoms with van der Waals surface area (Å²) >= 11 is 0. The molecule has 314 valence electrons. The number of nitrogens with zero attached hydrogens (tertiary/aromatic N) is 6. The average molecular weight is 819 g/mol. The van der Waals surface area contributed by atoms with Crippen LogP contribution in [0, 0.1) is 29.9 Å². The molecule has 0 radical (unpaired) electrons. The topological polar surface area (TPSA) is 140 Å². The van der Waals surface area contributed by atoms with Gasteiger partial charge in [-0.05, 0) is 82.0 Å². The van der Waals surface area contributed by atoms with Gasteiger partial charge in [-0.3, -0.25) is 14.8 Å². The van der Waals surface area contributed by atoms with Crippen LogP contribution in [-0.4, -0.2) is 126 Å². The predicted octanol–water partition coefficient (Wildman–Crippen LogP) is 6.41. The Labute approximate surface area is 340 Å². The highest BCUT2D eigenvalue weighted by molar-refractivity contribution is 6.03. The summed E-state index contributed by atoms with van der Waals surface area (Å²) in [6, 6.07) is 5.61. The van der Waals surface area contributed by atoms with Gasteiger partial charge in [-0.2, -0.15) is 9.97 Å². The molecule has 5 atom stereocenters. The van der Waals surface area contributed by atoms with E-state index in [-0.39, 0.29) is 57.5 Å². The number of aromatic nitrogens is 3. The second-order valence-electron chi connectivity index (χ2n) is 15.5. The van der Waals surface area contributed by atoms with Gasteiger partial charge < -0.3 is 33.7 Å². The number of hydrogen-bond acceptors (Lipinski definition) is 12. The van der Waals surface area contributed by atoms with Gasteiger partial charge in [0, 0.05) is 69.1 Å². The zero-order valence-corrected chi connectivity index (χ0v) is 33.4. The molecular weight excluding hydrogens is 770 g/mol. The smallest absolute Gasteiger partial charge is 0.412 e. The SMILES string of the molecule is C#Cc1c(F)ccc2cc(O)cc(-c3ncc4c(N5CC6CCC(C5)N6C(=O)OC(C)OC)nc(OC)nc4c3F)c12.F[C@@H]1CC2CCCN2C1.O=CC1CCOCC1. The molecule has 5 saturated heterocycles. The number of terminal acetylenes is 1. The third kappa shape index (κ3) is 8.88. The number of rotatable bonds is 6. The van der Waals surface area contributed by atoms with Crippen LogP contribution in [0.3, 0.4) is 0 Å². The Morgan fingerprint density at radius 1 is 1.05 bits per heavy atom. The van der Waals surface area contributed by atoms with E-state index < -0.39 is 30.2 Å². The zero-order valence-electron chi connectivity index (χ0n) is 33.4. The van der Waals surface area contributed by atoms with E-state index in [1.165, 1.54) is 57.5 Å². The molecule has 13 nitrogen and oxygen atoms in total. The van der Waals surface area contributed by atoms with Gasteiger partial charge in [0.15, 0.2) is 5.82 Å². The Hall–Kier alpha value is -5.24. The standard InChI is InChI=1S/C30H27F2N5O5.C7H12FN.C6H10O2/c1-5-20-23(31)9-6-16-10-19(38)11-21(24(16)20)26-25(32)27-22(12-33-26)28(35-29(34-27)41-4)36-13-17-7-8-18(14-36)37(17)30(39)42-15(2)40-3;8-6-4-7-2-1-3-9(7)5-6;7-5-6-1-3-8-4-2-6/h1,6,9-12,15,17-18,38H,7-8,13-14H2,2-4H3;6-7H,1-5H2;5-6H,1-4H2/t;6-,7?;/m.1./s1. The number of halogens is 3. The normalized spacial score (nSPS) is 23.1. The lowest BCUT2D eigenvalue weighted by atomic mass is 9.96. The Morgan fingerprint density at radius 2 is 1.80 bits per heavy atom. The molecule has 9 rings (SSSR count). The van der Waals surface area contributed by atoms with Gasteiger partial charge >= 0.3 is 12.1 Å². The molecular formula is C43H49F3N6O7. The highest BCUT2D eigenvalue weighted by atomic mass is 19.1. The number of benzene rings is 2. The second-order valence-corrected chi connectivity index (χ2v) is 15.5. The molecule has 5 fully saturated rings. The Kier molecular flexibility index (Phi) is 13.0. The third-order valence-corrected chi connectivity index (χ3v) is 11.8. The lowest BCUT2D eigenvalue weighted by Gasteiger charge is -2.41. The fourth-order valence-corrected chi connectivity index (χ4v) is 8.80. The molecule has 0 aliphatic carbocycles. The highest BCUT2D eigenvalue weighted by Gasteiger charge is 2.45. The summed E-state index contributed by atoms with van der Waals surface area (Å²) in [5.74, 6) is 1.38. The van der Waals surface area contributed by atoms with Crippen LogP contribution in [0.2, 0.25) is 0 Å². The Morgan fingerprint density at radius 3 is 2.44 bits per heavy atom. The van der Waals surface area contributed by atoms with Crippen LogP contribution in [0.15, 0.2) is 30.5 Å². The lowest BCUT2D eigenvalue weighted by molar-refractivity contribution is -0.113. The maximum Gasteiger partial charge on any atom is 0.412 e. The molecule has 5 aliphatic rings. The van der Waals surface area contributed by atoms with Crippen molar-refractivity contribution in [3.8, 4) is 35.4 Å². The number of aldehydes is 1. The van der Waals surface area contributed by atoms with Crippen LogP contribution in [0.1, 0.15) is 57.4 Å². The van der Waals surface area contributed by atoms with Gasteiger partial charge in [0.2, 0.25) is 6.29 Å². The first-order valence-corrected chi connectivity index (χ1v) is 20.0. The quantitative estimate of drug-likeness (QED) is 0.131. The largest absolute Gasteiger partial charge is 0.508 e. The molecule has 1 N–H and O–H groups in total. The summed E-state index contributed by atoms with van der Waals surface area (Å²) in [7, 11) is 2.84. The maximum atomic E-state index is 16.4. The fourth-order valence-electron chi connectivity index (χ4n) is 8.80. The predicted molar refractivity (Wildman–Crippen MR) is 214 cm³/mol. The van der Waals surface area contributed by atoms with Gasteiger partial charge in [0.25, 0.3) is 0 Å². The highest BCUT2D eigenvalue weighted by Crippen LogP contribution is 2.40. The zero-order chi connectivity index (χ0) is 41.8. The van der Waals surface area contributed by atoms with Crippen molar-refractivity contribution < 1.29 is 46.8 Å². The van der Waals surface area contributed by atoms with Crippen LogP contribution < -0.4 is 9.64 Å². The molecule has 2 bridgehead atoms. The van der Waals surface area contributed by atoms with Crippen LogP contribution in [0.4, 0.5) is 23.8 Å². The molecule has 0 spiro atoms. The van der Waals surface area contributed by atoms with Crippen molar-refractivity contribution in [2.75, 3.05) is 58.5 Å². The number of carbonyl (C=O) groups is 2. The van der Waals surface area contributed by atoms with Gasteiger partial charge in [-0.15, -0.1) is 6.42 Å². The van der Waals surface area contributed by atoms with Crippen LogP contribution in [0.25, 0.3) is 32.9 Å². The summed E-state index contributed by atoms with van der Waals surface area (Å²) < 4.78 is 64.5. The number of methoxy groups -OCH3 is 2. The summed E-state index contributed by atoms with van der Waals surface area (Å²) in [4.78, 5) is 42.1. The number of piperazine rings is 1. The second kappa shape index (κ2) is 18.4. The van der Waals surface area contributed by atoms with Crippen LogP contribution in [0.5, 0.6) is 11.8 Å². The van der Waals surface area contributed by atoms with Crippen LogP contribution in [-0.2, 0) is 19.0 Å². The molecule has 5 aliphatic heterocycles. The number of phenolic OH excluding ortho intramolecular Hbond substituents is 1. The number of carbonyl (C=O) groups excluding carboxylic acids is 2. The maximum absolute atomic E-state index is 16.4. The van der Waals surface area contributed by atoms with Crippen molar-refractivity contribution in [3.63, 3.8) is 0 Å². The number of pyridine rings is 1. The molecule has 2 aromatic carbocycles. The van der Waals surface area contributed by atoms with E-state index in [1.54, 1.807) is 11.8 Å². The van der Waals surface area contributed by atoms with Gasteiger partial charge in [0.1, 0.15) is 41.1 Å². The first-order chi connectivity index (χ1) is 28.5. The van der Waals surface area contributed by atoms with E-state index in [9.17, 15) is 23.5 Å². The number of aromatic hydroxyl groups is 1. The number of hydrogen-bond donors (Lipinski definition) is 1. The van der Waals surface area contributed by atoms with Crippen molar-refractivity contribution >= 4 is 39.9 Å². The van der Waals surface area contributed by atoms with Crippen molar-refractivity contribution in [1.82, 2.24) is 24.8 Å². The van der Waals surface area contributed by atoms with Gasteiger partial charge in [-0.1, -0.05) is 12.0 Å². The third-order valence-electron chi connectivity index (χ3n) is 11.8. The van der Waals surface area contributed by atoms with E-state index in [1.807, 2.05) is 4.90 Å². The van der Waals surface area contributed by atoms with Gasteiger partial charge in [-0.25, -0.2) is 18.0 Å². The van der Waals surface area contributed by atoms with E-state index >= 15 is 4.39 Å². The van der Waals surface area contributed by atoms with E-state index in [4.69, 9.17) is 25.4 Å². The molecule has 2 aromatic heterocycles. The molecule has 59 heavy (non-hydrogen) atoms. The summed E-state index contributed by atoms with van der Waals surface area (Å²) in [5, 5.41) is 11.4. The first kappa shape index (κ1) is 41.9. The Balaban J connectivity index is 0.000000254. The Bertz CT molecular complexity index is 2190. The average Bonchev–Trinajstić information content (AvgIpc) is 3.91. The summed E-state index contributed by atoms with van der Waals surface area (Å²) in [5.41, 5.74) is -0.194. The molecule has 7 heterocycles. The van der Waals surface area contributed by atoms with Crippen molar-refractivity contribution in [3.05, 3.63) is 47.7 Å². The fraction of sp³-hybridized carbons (Fsp3) is 0.512. The number of ether oxygens (including phenoxy) is 4. The lowest BCUT2D eigenvalue weighted by Crippen LogP contribution is -2.56. The monoisotopic (exact) mass is 818 g/mol. The van der Waals surface area contributed by atoms with Crippen molar-refractivity contribution in [2.45, 2.75) is 82.5 Å². The molecule has 1 amide bonds. The summed E-state index contributed by atoms with van der Waals surface area (Å²) in [6.07, 6.45) is 13.2. The van der Waals surface area contributed by atoms with Crippen LogP contribution >= 0.6 is 0 Å². The minimum Gasteiger partial charge on any atom is -0.508 e. The minimum atomic E-state index is -0.813. The molecule has 16 heteroatoms. The van der Waals surface area contributed by atoms with E-state index in [2.05, 4.69) is 25.8 Å². The number of phenols is 1. The molecule has 0 saturated carbocycles. The molecule has 4 aromatic rings. The van der Waals surface area contributed by atoms with E-state index in [0.29, 0.717) is 42.3 Å². The number of amides is 1. The number of anilines is 1. The summed E-state index contributed by atoms with van der Waals surface area (Å²) in [6.45, 7) is 5.89. The first-order valence-electron chi connectivity index (χ1n) is 20.0. The van der Waals surface area contributed by atoms with Gasteiger partial charge in [0.05, 0.1) is 30.1 Å².